The topological polar surface area (TPSA) is 153 Å². The standard InChI is InChI=1S/C18H26N4O8/c1-27-15(23)19-6-8-29-17(25)21-11-13-4-3-5-14(10-13)12-22-18(26)30-9-7-20-16(24)28-2/h3-5,10H,6-9,11-12H2,1-2H3,(H,19,23)(H,20,24)(H,21,25)(H,22,26). The second kappa shape index (κ2) is 14.3. The highest BCUT2D eigenvalue weighted by Crippen LogP contribution is 2.05. The molecule has 1 aromatic rings. The fraction of sp³-hybridized carbons (Fsp3) is 0.444. The summed E-state index contributed by atoms with van der Waals surface area (Å²) in [6.07, 6.45) is -2.47. The molecule has 0 saturated carbocycles. The van der Waals surface area contributed by atoms with Crippen LogP contribution in [0, 0.1) is 0 Å². The van der Waals surface area contributed by atoms with Gasteiger partial charge >= 0.3 is 24.4 Å². The van der Waals surface area contributed by atoms with Crippen LogP contribution in [0.2, 0.25) is 0 Å². The maximum atomic E-state index is 11.6. The fourth-order valence-corrected chi connectivity index (χ4v) is 2.04. The van der Waals surface area contributed by atoms with Crippen molar-refractivity contribution < 1.29 is 38.1 Å². The molecular formula is C18H26N4O8. The van der Waals surface area contributed by atoms with Crippen molar-refractivity contribution in [2.75, 3.05) is 40.5 Å². The van der Waals surface area contributed by atoms with E-state index in [0.717, 1.165) is 11.1 Å². The summed E-state index contributed by atoms with van der Waals surface area (Å²) in [5.41, 5.74) is 1.60. The summed E-state index contributed by atoms with van der Waals surface area (Å²) in [5.74, 6) is 0. The number of rotatable bonds is 10. The monoisotopic (exact) mass is 426 g/mol. The SMILES string of the molecule is COC(=O)NCCOC(=O)NCc1cccc(CNC(=O)OCCNC(=O)OC)c1. The van der Waals surface area contributed by atoms with Gasteiger partial charge in [0.15, 0.2) is 0 Å². The van der Waals surface area contributed by atoms with Gasteiger partial charge in [0.2, 0.25) is 0 Å². The molecule has 0 radical (unpaired) electrons. The lowest BCUT2D eigenvalue weighted by molar-refractivity contribution is 0.140. The molecule has 4 amide bonds. The maximum absolute atomic E-state index is 11.6. The molecule has 0 saturated heterocycles. The fourth-order valence-electron chi connectivity index (χ4n) is 2.04. The number of nitrogens with one attached hydrogen (secondary N) is 4. The van der Waals surface area contributed by atoms with Crippen molar-refractivity contribution in [3.05, 3.63) is 35.4 Å². The minimum atomic E-state index is -0.630. The summed E-state index contributed by atoms with van der Waals surface area (Å²) in [7, 11) is 2.47. The van der Waals surface area contributed by atoms with E-state index < -0.39 is 24.4 Å². The second-order valence-electron chi connectivity index (χ2n) is 5.64. The Morgan fingerprint density at radius 2 is 1.13 bits per heavy atom. The molecule has 12 nitrogen and oxygen atoms in total. The van der Waals surface area contributed by atoms with Crippen molar-refractivity contribution in [1.29, 1.82) is 0 Å². The van der Waals surface area contributed by atoms with Crippen LogP contribution in [0.25, 0.3) is 0 Å². The number of amides is 4. The van der Waals surface area contributed by atoms with Gasteiger partial charge in [0, 0.05) is 13.1 Å². The third-order valence-electron chi connectivity index (χ3n) is 3.44. The van der Waals surface area contributed by atoms with Crippen molar-refractivity contribution in [1.82, 2.24) is 21.3 Å². The summed E-state index contributed by atoms with van der Waals surface area (Å²) in [4.78, 5) is 45.0. The van der Waals surface area contributed by atoms with Crippen LogP contribution in [0.4, 0.5) is 19.2 Å². The van der Waals surface area contributed by atoms with Gasteiger partial charge in [-0.2, -0.15) is 0 Å². The van der Waals surface area contributed by atoms with Gasteiger partial charge in [-0.1, -0.05) is 24.3 Å². The first-order valence-electron chi connectivity index (χ1n) is 8.97. The van der Waals surface area contributed by atoms with E-state index in [-0.39, 0.29) is 39.4 Å². The predicted octanol–water partition coefficient (Wildman–Crippen LogP) is 0.851. The minimum Gasteiger partial charge on any atom is -0.453 e. The van der Waals surface area contributed by atoms with Crippen LogP contribution in [0.15, 0.2) is 24.3 Å². The molecule has 1 rings (SSSR count). The number of carbonyl (C=O) groups is 4. The van der Waals surface area contributed by atoms with E-state index >= 15 is 0 Å². The van der Waals surface area contributed by atoms with Gasteiger partial charge in [-0.25, -0.2) is 19.2 Å². The molecule has 0 atom stereocenters. The molecule has 0 heterocycles. The number of hydrogen-bond acceptors (Lipinski definition) is 8. The molecular weight excluding hydrogens is 400 g/mol. The lowest BCUT2D eigenvalue weighted by Crippen LogP contribution is -2.31. The summed E-state index contributed by atoms with van der Waals surface area (Å²) >= 11 is 0. The van der Waals surface area contributed by atoms with Crippen LogP contribution in [0.1, 0.15) is 11.1 Å². The van der Waals surface area contributed by atoms with Gasteiger partial charge in [0.05, 0.1) is 27.3 Å². The van der Waals surface area contributed by atoms with Gasteiger partial charge in [0.1, 0.15) is 13.2 Å². The molecule has 0 spiro atoms. The summed E-state index contributed by atoms with van der Waals surface area (Å²) in [5, 5.41) is 9.92. The van der Waals surface area contributed by atoms with Gasteiger partial charge in [-0.05, 0) is 11.1 Å². The van der Waals surface area contributed by atoms with Gasteiger partial charge in [0.25, 0.3) is 0 Å². The Morgan fingerprint density at radius 3 is 1.53 bits per heavy atom. The highest BCUT2D eigenvalue weighted by Gasteiger charge is 2.06. The van der Waals surface area contributed by atoms with Crippen LogP contribution >= 0.6 is 0 Å². The van der Waals surface area contributed by atoms with Crippen molar-refractivity contribution in [2.45, 2.75) is 13.1 Å². The first-order valence-corrected chi connectivity index (χ1v) is 8.97. The van der Waals surface area contributed by atoms with Crippen LogP contribution in [-0.4, -0.2) is 64.9 Å². The average Bonchev–Trinajstić information content (AvgIpc) is 2.76. The lowest BCUT2D eigenvalue weighted by atomic mass is 10.1. The zero-order valence-corrected chi connectivity index (χ0v) is 16.8. The molecule has 4 N–H and O–H groups in total. The Balaban J connectivity index is 2.25. The van der Waals surface area contributed by atoms with E-state index in [1.807, 2.05) is 0 Å². The summed E-state index contributed by atoms with van der Waals surface area (Å²) < 4.78 is 18.6. The number of hydrogen-bond donors (Lipinski definition) is 4. The van der Waals surface area contributed by atoms with Crippen molar-refractivity contribution >= 4 is 24.4 Å². The molecule has 166 valence electrons. The Bertz CT molecular complexity index is 658. The Kier molecular flexibility index (Phi) is 11.6. The highest BCUT2D eigenvalue weighted by atomic mass is 16.6. The van der Waals surface area contributed by atoms with E-state index in [0.29, 0.717) is 0 Å². The molecule has 1 aromatic carbocycles. The quantitative estimate of drug-likeness (QED) is 0.317. The van der Waals surface area contributed by atoms with Crippen LogP contribution in [-0.2, 0) is 32.0 Å². The molecule has 0 aromatic heterocycles. The molecule has 0 unspecified atom stereocenters. The number of ether oxygens (including phenoxy) is 4. The van der Waals surface area contributed by atoms with Crippen molar-refractivity contribution in [3.8, 4) is 0 Å². The van der Waals surface area contributed by atoms with E-state index in [1.165, 1.54) is 14.2 Å². The number of benzene rings is 1. The molecule has 12 heteroatoms. The third-order valence-corrected chi connectivity index (χ3v) is 3.44. The maximum Gasteiger partial charge on any atom is 0.407 e. The molecule has 0 aliphatic rings. The van der Waals surface area contributed by atoms with Crippen molar-refractivity contribution in [3.63, 3.8) is 0 Å². The highest BCUT2D eigenvalue weighted by molar-refractivity contribution is 5.68. The van der Waals surface area contributed by atoms with Crippen LogP contribution in [0.5, 0.6) is 0 Å². The second-order valence-corrected chi connectivity index (χ2v) is 5.64. The Labute approximate surface area is 173 Å². The number of carbonyl (C=O) groups excluding carboxylic acids is 4. The Hall–Kier alpha value is -3.70. The zero-order valence-electron chi connectivity index (χ0n) is 16.8. The van der Waals surface area contributed by atoms with E-state index in [1.54, 1.807) is 24.3 Å². The average molecular weight is 426 g/mol. The van der Waals surface area contributed by atoms with E-state index in [9.17, 15) is 19.2 Å². The summed E-state index contributed by atoms with van der Waals surface area (Å²) in [6.45, 7) is 0.720. The van der Waals surface area contributed by atoms with E-state index in [2.05, 4.69) is 30.7 Å². The molecule has 0 bridgehead atoms. The van der Waals surface area contributed by atoms with E-state index in [4.69, 9.17) is 9.47 Å². The predicted molar refractivity (Wildman–Crippen MR) is 104 cm³/mol. The number of alkyl carbamates (subject to hydrolysis) is 4. The third kappa shape index (κ3) is 11.2. The zero-order chi connectivity index (χ0) is 22.2. The normalized spacial score (nSPS) is 9.67. The molecule has 0 aliphatic carbocycles. The first-order chi connectivity index (χ1) is 14.4. The van der Waals surface area contributed by atoms with Crippen LogP contribution < -0.4 is 21.3 Å². The molecule has 0 aliphatic heterocycles. The van der Waals surface area contributed by atoms with Gasteiger partial charge in [-0.3, -0.25) is 0 Å². The molecule has 0 fully saturated rings. The molecule has 30 heavy (non-hydrogen) atoms. The smallest absolute Gasteiger partial charge is 0.407 e. The number of methoxy groups -OCH3 is 2. The first kappa shape index (κ1) is 24.3. The summed E-state index contributed by atoms with van der Waals surface area (Å²) in [6, 6.07) is 7.20. The van der Waals surface area contributed by atoms with Crippen LogP contribution in [0.3, 0.4) is 0 Å². The van der Waals surface area contributed by atoms with Gasteiger partial charge < -0.3 is 40.2 Å². The van der Waals surface area contributed by atoms with Gasteiger partial charge in [-0.15, -0.1) is 0 Å². The van der Waals surface area contributed by atoms with Crippen molar-refractivity contribution in [2.24, 2.45) is 0 Å². The largest absolute Gasteiger partial charge is 0.453 e. The minimum absolute atomic E-state index is 0.00214. The Morgan fingerprint density at radius 1 is 0.700 bits per heavy atom. The lowest BCUT2D eigenvalue weighted by Gasteiger charge is -2.10.